The molecule has 0 spiro atoms. The summed E-state index contributed by atoms with van der Waals surface area (Å²) in [5.74, 6) is 0.531. The molecule has 92 valence electrons. The van der Waals surface area contributed by atoms with E-state index in [0.29, 0.717) is 5.92 Å². The van der Waals surface area contributed by atoms with Crippen molar-refractivity contribution >= 4 is 0 Å². The summed E-state index contributed by atoms with van der Waals surface area (Å²) >= 11 is 0. The first-order chi connectivity index (χ1) is 8.15. The van der Waals surface area contributed by atoms with Gasteiger partial charge in [0.25, 0.3) is 0 Å². The Labute approximate surface area is 103 Å². The van der Waals surface area contributed by atoms with Gasteiger partial charge in [-0.1, -0.05) is 42.0 Å². The molecular formula is C15H21NO. The Balaban J connectivity index is 1.96. The zero-order chi connectivity index (χ0) is 12.3. The summed E-state index contributed by atoms with van der Waals surface area (Å²) in [5, 5.41) is 12.4. The van der Waals surface area contributed by atoms with Gasteiger partial charge in [0.05, 0.1) is 0 Å². The van der Waals surface area contributed by atoms with Crippen LogP contribution in [0.2, 0.25) is 0 Å². The van der Waals surface area contributed by atoms with Crippen LogP contribution in [0.25, 0.3) is 0 Å². The zero-order valence-corrected chi connectivity index (χ0v) is 10.6. The quantitative estimate of drug-likeness (QED) is 0.732. The summed E-state index contributed by atoms with van der Waals surface area (Å²) in [6.45, 7) is 3.90. The summed E-state index contributed by atoms with van der Waals surface area (Å²) in [7, 11) is 0. The number of allylic oxidation sites excluding steroid dienone is 6. The van der Waals surface area contributed by atoms with Gasteiger partial charge in [0.2, 0.25) is 0 Å². The van der Waals surface area contributed by atoms with E-state index in [1.807, 2.05) is 0 Å². The number of hydrogen-bond acceptors (Lipinski definition) is 2. The van der Waals surface area contributed by atoms with Crippen LogP contribution in [0.5, 0.6) is 0 Å². The lowest BCUT2D eigenvalue weighted by atomic mass is 9.86. The smallest absolute Gasteiger partial charge is 0.102 e. The van der Waals surface area contributed by atoms with Crippen LogP contribution in [-0.2, 0) is 0 Å². The molecule has 3 atom stereocenters. The second-order valence-electron chi connectivity index (χ2n) is 4.90. The van der Waals surface area contributed by atoms with Crippen molar-refractivity contribution in [3.05, 3.63) is 47.6 Å². The van der Waals surface area contributed by atoms with E-state index in [-0.39, 0.29) is 6.04 Å². The van der Waals surface area contributed by atoms with Crippen molar-refractivity contribution in [2.24, 2.45) is 5.92 Å². The minimum atomic E-state index is -0.445. The molecule has 3 unspecified atom stereocenters. The Bertz CT molecular complexity index is 388. The van der Waals surface area contributed by atoms with Crippen molar-refractivity contribution in [2.75, 3.05) is 0 Å². The third-order valence-corrected chi connectivity index (χ3v) is 3.25. The standard InChI is InChI=1S/C15H21NO/c1-11-4-3-5-14(10-11)13-6-8-15(9-7-13)16-12(2)17/h3-4,6-8,10,12,14-17H,5,9H2,1-2H3. The Morgan fingerprint density at radius 1 is 1.35 bits per heavy atom. The molecule has 0 aromatic carbocycles. The van der Waals surface area contributed by atoms with E-state index in [1.165, 1.54) is 11.1 Å². The topological polar surface area (TPSA) is 32.3 Å². The van der Waals surface area contributed by atoms with Gasteiger partial charge in [-0.3, -0.25) is 5.32 Å². The molecule has 0 bridgehead atoms. The summed E-state index contributed by atoms with van der Waals surface area (Å²) in [6, 6.07) is 0.267. The van der Waals surface area contributed by atoms with E-state index in [0.717, 1.165) is 12.8 Å². The second kappa shape index (κ2) is 5.48. The number of hydrogen-bond donors (Lipinski definition) is 2. The summed E-state index contributed by atoms with van der Waals surface area (Å²) in [5.41, 5.74) is 2.75. The van der Waals surface area contributed by atoms with Gasteiger partial charge in [0, 0.05) is 12.0 Å². The Morgan fingerprint density at radius 2 is 2.18 bits per heavy atom. The van der Waals surface area contributed by atoms with Gasteiger partial charge in [0.15, 0.2) is 0 Å². The summed E-state index contributed by atoms with van der Waals surface area (Å²) in [6.07, 6.45) is 15.0. The van der Waals surface area contributed by atoms with Crippen molar-refractivity contribution in [1.29, 1.82) is 0 Å². The van der Waals surface area contributed by atoms with Crippen LogP contribution in [0.15, 0.2) is 47.6 Å². The molecule has 0 aromatic rings. The largest absolute Gasteiger partial charge is 0.379 e. The average molecular weight is 231 g/mol. The normalized spacial score (nSPS) is 29.8. The molecular weight excluding hydrogens is 210 g/mol. The first-order valence-electron chi connectivity index (χ1n) is 6.32. The molecule has 0 saturated carbocycles. The molecule has 2 aliphatic rings. The minimum Gasteiger partial charge on any atom is -0.379 e. The van der Waals surface area contributed by atoms with Gasteiger partial charge in [-0.05, 0) is 32.3 Å². The Morgan fingerprint density at radius 3 is 2.76 bits per heavy atom. The SMILES string of the molecule is CC1=CC(C2=CCC(NC(C)O)C=C2)CC=C1. The molecule has 2 N–H and O–H groups in total. The van der Waals surface area contributed by atoms with Crippen molar-refractivity contribution < 1.29 is 5.11 Å². The van der Waals surface area contributed by atoms with E-state index in [4.69, 9.17) is 0 Å². The van der Waals surface area contributed by atoms with Crippen LogP contribution in [0, 0.1) is 5.92 Å². The maximum Gasteiger partial charge on any atom is 0.102 e. The molecule has 0 fully saturated rings. The highest BCUT2D eigenvalue weighted by Crippen LogP contribution is 2.27. The molecule has 2 nitrogen and oxygen atoms in total. The monoisotopic (exact) mass is 231 g/mol. The fraction of sp³-hybridized carbons (Fsp3) is 0.467. The second-order valence-corrected chi connectivity index (χ2v) is 4.90. The molecule has 0 amide bonds. The number of rotatable bonds is 3. The molecule has 0 aliphatic heterocycles. The van der Waals surface area contributed by atoms with Gasteiger partial charge in [0.1, 0.15) is 6.23 Å². The maximum absolute atomic E-state index is 9.27. The third kappa shape index (κ3) is 3.42. The van der Waals surface area contributed by atoms with Crippen LogP contribution in [0.3, 0.4) is 0 Å². The minimum absolute atomic E-state index is 0.267. The fourth-order valence-electron chi connectivity index (χ4n) is 2.42. The zero-order valence-electron chi connectivity index (χ0n) is 10.6. The van der Waals surface area contributed by atoms with Gasteiger partial charge >= 0.3 is 0 Å². The van der Waals surface area contributed by atoms with Crippen LogP contribution in [0.4, 0.5) is 0 Å². The molecule has 0 heterocycles. The predicted octanol–water partition coefficient (Wildman–Crippen LogP) is 2.69. The van der Waals surface area contributed by atoms with Gasteiger partial charge < -0.3 is 5.11 Å². The predicted molar refractivity (Wildman–Crippen MR) is 71.4 cm³/mol. The lowest BCUT2D eigenvalue weighted by Crippen LogP contribution is -2.35. The number of aliphatic hydroxyl groups is 1. The molecule has 0 radical (unpaired) electrons. The van der Waals surface area contributed by atoms with Crippen LogP contribution in [-0.4, -0.2) is 17.4 Å². The van der Waals surface area contributed by atoms with Crippen LogP contribution < -0.4 is 5.32 Å². The van der Waals surface area contributed by atoms with Gasteiger partial charge in [-0.2, -0.15) is 0 Å². The van der Waals surface area contributed by atoms with Crippen molar-refractivity contribution in [3.63, 3.8) is 0 Å². The first kappa shape index (κ1) is 12.3. The highest BCUT2D eigenvalue weighted by Gasteiger charge is 2.15. The molecule has 0 aromatic heterocycles. The molecule has 2 heteroatoms. The summed E-state index contributed by atoms with van der Waals surface area (Å²) < 4.78 is 0. The van der Waals surface area contributed by atoms with E-state index >= 15 is 0 Å². The number of aliphatic hydroxyl groups excluding tert-OH is 1. The van der Waals surface area contributed by atoms with E-state index < -0.39 is 6.23 Å². The third-order valence-electron chi connectivity index (χ3n) is 3.25. The van der Waals surface area contributed by atoms with Crippen molar-refractivity contribution in [3.8, 4) is 0 Å². The van der Waals surface area contributed by atoms with Gasteiger partial charge in [-0.15, -0.1) is 0 Å². The van der Waals surface area contributed by atoms with Crippen molar-refractivity contribution in [2.45, 2.75) is 39.0 Å². The van der Waals surface area contributed by atoms with Crippen molar-refractivity contribution in [1.82, 2.24) is 5.32 Å². The molecule has 0 saturated heterocycles. The lowest BCUT2D eigenvalue weighted by Gasteiger charge is -2.23. The van der Waals surface area contributed by atoms with Gasteiger partial charge in [-0.25, -0.2) is 0 Å². The molecule has 17 heavy (non-hydrogen) atoms. The highest BCUT2D eigenvalue weighted by atomic mass is 16.3. The van der Waals surface area contributed by atoms with E-state index in [2.05, 4.69) is 48.7 Å². The Kier molecular flexibility index (Phi) is 3.97. The van der Waals surface area contributed by atoms with Crippen LogP contribution in [0.1, 0.15) is 26.7 Å². The molecule has 2 rings (SSSR count). The first-order valence-corrected chi connectivity index (χ1v) is 6.32. The number of nitrogens with one attached hydrogen (secondary N) is 1. The highest BCUT2D eigenvalue weighted by molar-refractivity contribution is 5.35. The fourth-order valence-corrected chi connectivity index (χ4v) is 2.42. The maximum atomic E-state index is 9.27. The average Bonchev–Trinajstić information content (AvgIpc) is 2.29. The summed E-state index contributed by atoms with van der Waals surface area (Å²) in [4.78, 5) is 0. The van der Waals surface area contributed by atoms with E-state index in [1.54, 1.807) is 6.92 Å². The van der Waals surface area contributed by atoms with Crippen LogP contribution >= 0.6 is 0 Å². The van der Waals surface area contributed by atoms with E-state index in [9.17, 15) is 5.11 Å². The Hall–Kier alpha value is -1.12. The molecule has 2 aliphatic carbocycles. The lowest BCUT2D eigenvalue weighted by molar-refractivity contribution is 0.148.